The van der Waals surface area contributed by atoms with E-state index in [0.717, 1.165) is 17.8 Å². The number of pyridine rings is 1. The van der Waals surface area contributed by atoms with Gasteiger partial charge < -0.3 is 10.2 Å². The van der Waals surface area contributed by atoms with Crippen molar-refractivity contribution in [1.29, 1.82) is 0 Å². The van der Waals surface area contributed by atoms with Gasteiger partial charge in [-0.15, -0.1) is 0 Å². The maximum Gasteiger partial charge on any atom is 0.0726 e. The molecule has 2 aromatic rings. The summed E-state index contributed by atoms with van der Waals surface area (Å²) in [6.07, 6.45) is 5.34. The molecule has 0 unspecified atom stereocenters. The molecular formula is C17H23N3. The molecule has 3 nitrogen and oxygen atoms in total. The van der Waals surface area contributed by atoms with Crippen LogP contribution in [0, 0.1) is 0 Å². The molecule has 0 atom stereocenters. The number of aromatic nitrogens is 1. The van der Waals surface area contributed by atoms with Gasteiger partial charge in [0, 0.05) is 30.7 Å². The first-order valence-corrected chi connectivity index (χ1v) is 7.67. The Morgan fingerprint density at radius 3 is 2.60 bits per heavy atom. The number of benzene rings is 1. The molecule has 3 heteroatoms. The fourth-order valence-electron chi connectivity index (χ4n) is 3.06. The summed E-state index contributed by atoms with van der Waals surface area (Å²) < 4.78 is 0. The summed E-state index contributed by atoms with van der Waals surface area (Å²) >= 11 is 0. The Labute approximate surface area is 121 Å². The van der Waals surface area contributed by atoms with E-state index < -0.39 is 0 Å². The Kier molecular flexibility index (Phi) is 4.16. The number of anilines is 1. The third kappa shape index (κ3) is 2.78. The molecule has 1 N–H and O–H groups in total. The molecule has 0 radical (unpaired) electrons. The zero-order valence-electron chi connectivity index (χ0n) is 12.2. The fourth-order valence-corrected chi connectivity index (χ4v) is 3.06. The van der Waals surface area contributed by atoms with E-state index in [9.17, 15) is 0 Å². The van der Waals surface area contributed by atoms with Crippen molar-refractivity contribution in [2.75, 3.05) is 25.0 Å². The minimum absolute atomic E-state index is 0.825. The minimum atomic E-state index is 0.825. The first kappa shape index (κ1) is 13.4. The van der Waals surface area contributed by atoms with Gasteiger partial charge >= 0.3 is 0 Å². The topological polar surface area (TPSA) is 28.2 Å². The summed E-state index contributed by atoms with van der Waals surface area (Å²) in [6.45, 7) is 3.17. The molecule has 20 heavy (non-hydrogen) atoms. The summed E-state index contributed by atoms with van der Waals surface area (Å²) in [5.74, 6) is 0. The maximum atomic E-state index is 4.75. The molecule has 106 valence electrons. The highest BCUT2D eigenvalue weighted by atomic mass is 15.1. The van der Waals surface area contributed by atoms with Crippen molar-refractivity contribution in [3.8, 4) is 0 Å². The number of nitrogens with one attached hydrogen (secondary N) is 1. The minimum Gasteiger partial charge on any atom is -0.371 e. The van der Waals surface area contributed by atoms with Crippen LogP contribution in [0.25, 0.3) is 10.9 Å². The predicted octanol–water partition coefficient (Wildman–Crippen LogP) is 3.33. The van der Waals surface area contributed by atoms with Crippen molar-refractivity contribution in [2.45, 2.75) is 32.2 Å². The zero-order chi connectivity index (χ0) is 13.8. The van der Waals surface area contributed by atoms with Crippen molar-refractivity contribution in [1.82, 2.24) is 10.3 Å². The third-order valence-corrected chi connectivity index (χ3v) is 4.05. The van der Waals surface area contributed by atoms with Crippen molar-refractivity contribution in [3.63, 3.8) is 0 Å². The van der Waals surface area contributed by atoms with E-state index in [1.54, 1.807) is 0 Å². The van der Waals surface area contributed by atoms with Gasteiger partial charge in [0.1, 0.15) is 0 Å². The average Bonchev–Trinajstić information content (AvgIpc) is 2.76. The molecule has 2 heterocycles. The van der Waals surface area contributed by atoms with Gasteiger partial charge in [-0.05, 0) is 32.0 Å². The molecular weight excluding hydrogens is 246 g/mol. The van der Waals surface area contributed by atoms with Crippen LogP contribution in [0.4, 0.5) is 5.69 Å². The van der Waals surface area contributed by atoms with Crippen LogP contribution in [0.3, 0.4) is 0 Å². The summed E-state index contributed by atoms with van der Waals surface area (Å²) in [6, 6.07) is 10.8. The van der Waals surface area contributed by atoms with Gasteiger partial charge in [-0.1, -0.05) is 31.0 Å². The van der Waals surface area contributed by atoms with E-state index in [1.807, 2.05) is 7.05 Å². The Morgan fingerprint density at radius 2 is 1.85 bits per heavy atom. The lowest BCUT2D eigenvalue weighted by Crippen LogP contribution is -2.24. The molecule has 1 aliphatic rings. The molecule has 0 amide bonds. The number of para-hydroxylation sites is 1. The smallest absolute Gasteiger partial charge is 0.0726 e. The van der Waals surface area contributed by atoms with Crippen molar-refractivity contribution >= 4 is 16.6 Å². The van der Waals surface area contributed by atoms with Crippen LogP contribution < -0.4 is 10.2 Å². The predicted molar refractivity (Wildman–Crippen MR) is 85.2 cm³/mol. The molecule has 1 fully saturated rings. The molecule has 0 spiro atoms. The van der Waals surface area contributed by atoms with Crippen LogP contribution in [0.1, 0.15) is 31.4 Å². The van der Waals surface area contributed by atoms with Crippen LogP contribution in [0.15, 0.2) is 30.3 Å². The van der Waals surface area contributed by atoms with Gasteiger partial charge in [0.15, 0.2) is 0 Å². The Balaban J connectivity index is 2.06. The standard InChI is InChI=1S/C17H23N3/c1-18-13-14-12-17(20-10-6-2-3-7-11-20)15-8-4-5-9-16(15)19-14/h4-5,8-9,12,18H,2-3,6-7,10-11,13H2,1H3. The number of rotatable bonds is 3. The summed E-state index contributed by atoms with van der Waals surface area (Å²) in [4.78, 5) is 7.31. The summed E-state index contributed by atoms with van der Waals surface area (Å²) in [5.41, 5.74) is 3.60. The second-order valence-corrected chi connectivity index (χ2v) is 5.58. The van der Waals surface area contributed by atoms with Crippen LogP contribution in [0.5, 0.6) is 0 Å². The van der Waals surface area contributed by atoms with E-state index in [-0.39, 0.29) is 0 Å². The third-order valence-electron chi connectivity index (χ3n) is 4.05. The van der Waals surface area contributed by atoms with E-state index >= 15 is 0 Å². The van der Waals surface area contributed by atoms with Gasteiger partial charge in [0.2, 0.25) is 0 Å². The number of hydrogen-bond acceptors (Lipinski definition) is 3. The highest BCUT2D eigenvalue weighted by Gasteiger charge is 2.14. The SMILES string of the molecule is CNCc1cc(N2CCCCCC2)c2ccccc2n1. The lowest BCUT2D eigenvalue weighted by atomic mass is 10.1. The van der Waals surface area contributed by atoms with Gasteiger partial charge in [0.05, 0.1) is 11.2 Å². The molecule has 0 saturated carbocycles. The fraction of sp³-hybridized carbons (Fsp3) is 0.471. The van der Waals surface area contributed by atoms with E-state index in [4.69, 9.17) is 4.98 Å². The van der Waals surface area contributed by atoms with Crippen LogP contribution >= 0.6 is 0 Å². The van der Waals surface area contributed by atoms with Crippen LogP contribution in [0.2, 0.25) is 0 Å². The Morgan fingerprint density at radius 1 is 1.10 bits per heavy atom. The lowest BCUT2D eigenvalue weighted by molar-refractivity contribution is 0.726. The molecule has 0 bridgehead atoms. The van der Waals surface area contributed by atoms with E-state index in [2.05, 4.69) is 40.5 Å². The lowest BCUT2D eigenvalue weighted by Gasteiger charge is -2.25. The quantitative estimate of drug-likeness (QED) is 0.926. The monoisotopic (exact) mass is 269 g/mol. The second kappa shape index (κ2) is 6.23. The molecule has 1 aliphatic heterocycles. The Bertz CT molecular complexity index is 571. The van der Waals surface area contributed by atoms with Gasteiger partial charge in [0.25, 0.3) is 0 Å². The first-order valence-electron chi connectivity index (χ1n) is 7.67. The highest BCUT2D eigenvalue weighted by molar-refractivity contribution is 5.92. The molecule has 0 aliphatic carbocycles. The van der Waals surface area contributed by atoms with Crippen LogP contribution in [-0.4, -0.2) is 25.1 Å². The van der Waals surface area contributed by atoms with Crippen molar-refractivity contribution < 1.29 is 0 Å². The van der Waals surface area contributed by atoms with Gasteiger partial charge in [-0.25, -0.2) is 0 Å². The highest BCUT2D eigenvalue weighted by Crippen LogP contribution is 2.28. The summed E-state index contributed by atoms with van der Waals surface area (Å²) in [5, 5.41) is 4.50. The van der Waals surface area contributed by atoms with Crippen molar-refractivity contribution in [2.24, 2.45) is 0 Å². The van der Waals surface area contributed by atoms with Gasteiger partial charge in [-0.3, -0.25) is 4.98 Å². The van der Waals surface area contributed by atoms with Gasteiger partial charge in [-0.2, -0.15) is 0 Å². The molecule has 1 saturated heterocycles. The number of hydrogen-bond donors (Lipinski definition) is 1. The zero-order valence-corrected chi connectivity index (χ0v) is 12.2. The maximum absolute atomic E-state index is 4.75. The molecule has 1 aromatic carbocycles. The number of fused-ring (bicyclic) bond motifs is 1. The molecule has 3 rings (SSSR count). The average molecular weight is 269 g/mol. The number of nitrogens with zero attached hydrogens (tertiary/aromatic N) is 2. The molecule has 1 aromatic heterocycles. The van der Waals surface area contributed by atoms with E-state index in [0.29, 0.717) is 0 Å². The first-order chi connectivity index (χ1) is 9.88. The van der Waals surface area contributed by atoms with Crippen LogP contribution in [-0.2, 0) is 6.54 Å². The largest absolute Gasteiger partial charge is 0.371 e. The normalized spacial score (nSPS) is 16.4. The van der Waals surface area contributed by atoms with E-state index in [1.165, 1.54) is 49.8 Å². The Hall–Kier alpha value is -1.61. The van der Waals surface area contributed by atoms with Crippen molar-refractivity contribution in [3.05, 3.63) is 36.0 Å². The second-order valence-electron chi connectivity index (χ2n) is 5.58. The summed E-state index contributed by atoms with van der Waals surface area (Å²) in [7, 11) is 1.97.